The molecular weight excluding hydrogens is 342 g/mol. The monoisotopic (exact) mass is 367 g/mol. The third kappa shape index (κ3) is 7.13. The van der Waals surface area contributed by atoms with Gasteiger partial charge in [-0.25, -0.2) is 0 Å². The molecule has 2 amide bonds. The highest BCUT2D eigenvalue weighted by atomic mass is 32.2. The second-order valence-corrected chi connectivity index (χ2v) is 8.78. The van der Waals surface area contributed by atoms with Gasteiger partial charge in [0.15, 0.2) is 0 Å². The van der Waals surface area contributed by atoms with Gasteiger partial charge in [-0.15, -0.1) is 11.8 Å². The van der Waals surface area contributed by atoms with Crippen molar-refractivity contribution in [3.05, 3.63) is 33.9 Å². The molecule has 0 heterocycles. The van der Waals surface area contributed by atoms with E-state index in [1.54, 1.807) is 0 Å². The highest BCUT2D eigenvalue weighted by Gasteiger charge is 2.27. The fraction of sp³-hybridized carbons (Fsp3) is 0.529. The number of amides is 2. The van der Waals surface area contributed by atoms with E-state index < -0.39 is 10.8 Å². The van der Waals surface area contributed by atoms with Gasteiger partial charge in [0.1, 0.15) is 0 Å². The summed E-state index contributed by atoms with van der Waals surface area (Å²) in [7, 11) is 0. The molecule has 7 nitrogen and oxygen atoms in total. The third-order valence-corrected chi connectivity index (χ3v) is 4.31. The Morgan fingerprint density at radius 1 is 1.24 bits per heavy atom. The first kappa shape index (κ1) is 21.0. The Morgan fingerprint density at radius 2 is 1.84 bits per heavy atom. The number of thioether (sulfide) groups is 1. The molecule has 138 valence electrons. The average Bonchev–Trinajstić information content (AvgIpc) is 2.41. The molecule has 0 unspecified atom stereocenters. The van der Waals surface area contributed by atoms with Gasteiger partial charge in [-0.1, -0.05) is 20.8 Å². The van der Waals surface area contributed by atoms with Crippen molar-refractivity contribution in [2.24, 2.45) is 11.1 Å². The summed E-state index contributed by atoms with van der Waals surface area (Å²) in [5.41, 5.74) is 4.66. The summed E-state index contributed by atoms with van der Waals surface area (Å²) in [6, 6.07) is 3.99. The van der Waals surface area contributed by atoms with Gasteiger partial charge in [0.2, 0.25) is 11.8 Å². The number of nitrogens with zero attached hydrogens (tertiary/aromatic N) is 1. The minimum atomic E-state index is -0.735. The SMILES string of the molecule is CC(C)(C)CC(C)(C)NC(=O)CSc1ccc(C(N)=O)cc1[N+](=O)[O-]. The molecule has 8 heteroatoms. The molecule has 1 aromatic rings. The van der Waals surface area contributed by atoms with Gasteiger partial charge in [0.05, 0.1) is 15.6 Å². The van der Waals surface area contributed by atoms with E-state index >= 15 is 0 Å². The van der Waals surface area contributed by atoms with Crippen molar-refractivity contribution in [1.29, 1.82) is 0 Å². The van der Waals surface area contributed by atoms with Crippen LogP contribution in [0.4, 0.5) is 5.69 Å². The maximum absolute atomic E-state index is 12.2. The molecule has 3 N–H and O–H groups in total. The summed E-state index contributed by atoms with van der Waals surface area (Å²) in [6.07, 6.45) is 0.795. The van der Waals surface area contributed by atoms with Crippen LogP contribution in [0.5, 0.6) is 0 Å². The van der Waals surface area contributed by atoms with Crippen LogP contribution >= 0.6 is 11.8 Å². The van der Waals surface area contributed by atoms with E-state index in [-0.39, 0.29) is 33.9 Å². The van der Waals surface area contributed by atoms with Gasteiger partial charge in [0, 0.05) is 17.2 Å². The van der Waals surface area contributed by atoms with E-state index in [4.69, 9.17) is 5.73 Å². The molecule has 1 aromatic carbocycles. The van der Waals surface area contributed by atoms with Gasteiger partial charge in [-0.2, -0.15) is 0 Å². The summed E-state index contributed by atoms with van der Waals surface area (Å²) in [5, 5.41) is 14.1. The number of primary amides is 1. The molecule has 0 radical (unpaired) electrons. The number of nitrogens with two attached hydrogens (primary N) is 1. The van der Waals surface area contributed by atoms with Gasteiger partial charge in [-0.05, 0) is 37.8 Å². The molecule has 0 saturated carbocycles. The molecule has 0 bridgehead atoms. The minimum absolute atomic E-state index is 0.0460. The molecule has 25 heavy (non-hydrogen) atoms. The van der Waals surface area contributed by atoms with Crippen LogP contribution in [-0.4, -0.2) is 28.0 Å². The Hall–Kier alpha value is -2.09. The molecule has 0 spiro atoms. The van der Waals surface area contributed by atoms with Crippen molar-refractivity contribution < 1.29 is 14.5 Å². The quantitative estimate of drug-likeness (QED) is 0.436. The van der Waals surface area contributed by atoms with Crippen LogP contribution < -0.4 is 11.1 Å². The van der Waals surface area contributed by atoms with E-state index in [0.29, 0.717) is 4.90 Å². The number of nitro groups is 1. The van der Waals surface area contributed by atoms with Crippen LogP contribution in [0.25, 0.3) is 0 Å². The standard InChI is InChI=1S/C17H25N3O4S/c1-16(2,3)10-17(4,5)19-14(21)9-25-13-7-6-11(15(18)22)8-12(13)20(23)24/h6-8H,9-10H2,1-5H3,(H2,18,22)(H,19,21). The Balaban J connectivity index is 2.79. The fourth-order valence-corrected chi connectivity index (χ4v) is 3.67. The normalized spacial score (nSPS) is 11.9. The number of carbonyl (C=O) groups excluding carboxylic acids is 2. The second kappa shape index (κ2) is 7.86. The molecular formula is C17H25N3O4S. The van der Waals surface area contributed by atoms with Crippen molar-refractivity contribution >= 4 is 29.3 Å². The largest absolute Gasteiger partial charge is 0.366 e. The highest BCUT2D eigenvalue weighted by molar-refractivity contribution is 8.00. The molecule has 0 aromatic heterocycles. The lowest BCUT2D eigenvalue weighted by Crippen LogP contribution is -2.46. The second-order valence-electron chi connectivity index (χ2n) is 7.76. The van der Waals surface area contributed by atoms with Gasteiger partial charge < -0.3 is 11.1 Å². The Bertz CT molecular complexity index is 681. The zero-order valence-corrected chi connectivity index (χ0v) is 16.0. The lowest BCUT2D eigenvalue weighted by atomic mass is 9.82. The lowest BCUT2D eigenvalue weighted by molar-refractivity contribution is -0.387. The summed E-state index contributed by atoms with van der Waals surface area (Å²) >= 11 is 1.06. The molecule has 0 fully saturated rings. The Labute approximate surface area is 151 Å². The Morgan fingerprint density at radius 3 is 2.32 bits per heavy atom. The predicted octanol–water partition coefficient (Wildman–Crippen LogP) is 3.12. The third-order valence-electron chi connectivity index (χ3n) is 3.25. The van der Waals surface area contributed by atoms with Crippen molar-refractivity contribution in [3.8, 4) is 0 Å². The smallest absolute Gasteiger partial charge is 0.283 e. The van der Waals surface area contributed by atoms with Gasteiger partial charge in [-0.3, -0.25) is 19.7 Å². The van der Waals surface area contributed by atoms with E-state index in [1.165, 1.54) is 12.1 Å². The molecule has 0 saturated heterocycles. The summed E-state index contributed by atoms with van der Waals surface area (Å²) < 4.78 is 0. The molecule has 0 atom stereocenters. The minimum Gasteiger partial charge on any atom is -0.366 e. The number of benzene rings is 1. The van der Waals surface area contributed by atoms with E-state index in [0.717, 1.165) is 24.2 Å². The first-order valence-corrected chi connectivity index (χ1v) is 8.81. The maximum Gasteiger partial charge on any atom is 0.283 e. The zero-order valence-electron chi connectivity index (χ0n) is 15.2. The van der Waals surface area contributed by atoms with Crippen LogP contribution in [0.2, 0.25) is 0 Å². The molecule has 1 rings (SSSR count). The van der Waals surface area contributed by atoms with E-state index in [2.05, 4.69) is 26.1 Å². The average molecular weight is 367 g/mol. The zero-order chi connectivity index (χ0) is 19.4. The first-order valence-electron chi connectivity index (χ1n) is 7.83. The summed E-state index contributed by atoms with van der Waals surface area (Å²) in [4.78, 5) is 34.2. The van der Waals surface area contributed by atoms with Crippen molar-refractivity contribution in [1.82, 2.24) is 5.32 Å². The van der Waals surface area contributed by atoms with Crippen molar-refractivity contribution in [3.63, 3.8) is 0 Å². The van der Waals surface area contributed by atoms with Crippen LogP contribution in [-0.2, 0) is 4.79 Å². The first-order chi connectivity index (χ1) is 11.3. The van der Waals surface area contributed by atoms with Crippen LogP contribution in [0, 0.1) is 15.5 Å². The number of rotatable bonds is 7. The predicted molar refractivity (Wildman–Crippen MR) is 98.6 cm³/mol. The van der Waals surface area contributed by atoms with Crippen LogP contribution in [0.3, 0.4) is 0 Å². The van der Waals surface area contributed by atoms with Gasteiger partial charge in [0.25, 0.3) is 5.69 Å². The van der Waals surface area contributed by atoms with E-state index in [1.807, 2.05) is 13.8 Å². The van der Waals surface area contributed by atoms with Gasteiger partial charge >= 0.3 is 0 Å². The number of nitrogens with one attached hydrogen (secondary N) is 1. The topological polar surface area (TPSA) is 115 Å². The number of nitro benzene ring substituents is 1. The fourth-order valence-electron chi connectivity index (χ4n) is 2.86. The number of hydrogen-bond acceptors (Lipinski definition) is 5. The maximum atomic E-state index is 12.2. The highest BCUT2D eigenvalue weighted by Crippen LogP contribution is 2.31. The molecule has 0 aliphatic rings. The van der Waals surface area contributed by atoms with Crippen LogP contribution in [0.1, 0.15) is 51.4 Å². The number of carbonyl (C=O) groups is 2. The molecule has 0 aliphatic heterocycles. The summed E-state index contributed by atoms with van der Waals surface area (Å²) in [6.45, 7) is 10.2. The Kier molecular flexibility index (Phi) is 6.59. The molecule has 0 aliphatic carbocycles. The van der Waals surface area contributed by atoms with Crippen LogP contribution in [0.15, 0.2) is 23.1 Å². The van der Waals surface area contributed by atoms with Crippen molar-refractivity contribution in [2.45, 2.75) is 51.5 Å². The lowest BCUT2D eigenvalue weighted by Gasteiger charge is -2.33. The van der Waals surface area contributed by atoms with E-state index in [9.17, 15) is 19.7 Å². The number of hydrogen-bond donors (Lipinski definition) is 2. The van der Waals surface area contributed by atoms with Crippen molar-refractivity contribution in [2.75, 3.05) is 5.75 Å². The summed E-state index contributed by atoms with van der Waals surface area (Å²) in [5.74, 6) is -0.890.